The highest BCUT2D eigenvalue weighted by molar-refractivity contribution is 6.09. The summed E-state index contributed by atoms with van der Waals surface area (Å²) in [4.78, 5) is 23.9. The average Bonchev–Trinajstić information content (AvgIpc) is 2.47. The summed E-state index contributed by atoms with van der Waals surface area (Å²) in [5.74, 6) is -0.646. The summed E-state index contributed by atoms with van der Waals surface area (Å²) in [7, 11) is 3.20. The van der Waals surface area contributed by atoms with Gasteiger partial charge >= 0.3 is 0 Å². The molecule has 1 heterocycles. The van der Waals surface area contributed by atoms with Gasteiger partial charge in [-0.3, -0.25) is 14.6 Å². The van der Waals surface area contributed by atoms with Crippen LogP contribution in [0, 0.1) is 13.8 Å². The summed E-state index contributed by atoms with van der Waals surface area (Å²) >= 11 is 0. The van der Waals surface area contributed by atoms with E-state index in [1.807, 2.05) is 26.0 Å². The van der Waals surface area contributed by atoms with Crippen LogP contribution in [0.25, 0.3) is 10.9 Å². The van der Waals surface area contributed by atoms with Crippen LogP contribution in [0.3, 0.4) is 0 Å². The van der Waals surface area contributed by atoms with Crippen LogP contribution in [0.2, 0.25) is 0 Å². The Morgan fingerprint density at radius 1 is 1.14 bits per heavy atom. The number of aromatic nitrogens is 2. The number of aryl methyl sites for hydroxylation is 2. The first-order chi connectivity index (χ1) is 10.3. The fourth-order valence-corrected chi connectivity index (χ4v) is 2.08. The molecule has 0 radical (unpaired) electrons. The Bertz CT molecular complexity index is 757. The van der Waals surface area contributed by atoms with Gasteiger partial charge in [-0.05, 0) is 37.1 Å². The third kappa shape index (κ3) is 2.89. The summed E-state index contributed by atoms with van der Waals surface area (Å²) in [6.07, 6.45) is 0. The SMILES string of the molecule is CNN(C)C(=O)c1nnc2cc(C)c(C)cc2c1NC(C)=O. The van der Waals surface area contributed by atoms with E-state index in [4.69, 9.17) is 0 Å². The summed E-state index contributed by atoms with van der Waals surface area (Å²) in [6.45, 7) is 5.33. The Morgan fingerprint density at radius 2 is 1.77 bits per heavy atom. The zero-order valence-electron chi connectivity index (χ0n) is 13.3. The van der Waals surface area contributed by atoms with E-state index < -0.39 is 0 Å². The Hall–Kier alpha value is -2.54. The van der Waals surface area contributed by atoms with Crippen molar-refractivity contribution >= 4 is 28.4 Å². The Labute approximate surface area is 128 Å². The van der Waals surface area contributed by atoms with Crippen molar-refractivity contribution in [1.82, 2.24) is 20.6 Å². The second kappa shape index (κ2) is 6.07. The van der Waals surface area contributed by atoms with Crippen LogP contribution in [0.15, 0.2) is 12.1 Å². The number of benzene rings is 1. The molecule has 0 fully saturated rings. The molecule has 1 aromatic heterocycles. The lowest BCUT2D eigenvalue weighted by Gasteiger charge is -2.17. The largest absolute Gasteiger partial charge is 0.324 e. The molecule has 0 atom stereocenters. The second-order valence-corrected chi connectivity index (χ2v) is 5.15. The fraction of sp³-hybridized carbons (Fsp3) is 0.333. The van der Waals surface area contributed by atoms with E-state index in [1.54, 1.807) is 14.1 Å². The van der Waals surface area contributed by atoms with Gasteiger partial charge in [0.1, 0.15) is 0 Å². The third-order valence-electron chi connectivity index (χ3n) is 3.52. The van der Waals surface area contributed by atoms with E-state index in [1.165, 1.54) is 11.9 Å². The number of carbonyl (C=O) groups is 2. The maximum absolute atomic E-state index is 12.4. The number of carbonyl (C=O) groups excluding carboxylic acids is 2. The number of fused-ring (bicyclic) bond motifs is 1. The number of hydrogen-bond acceptors (Lipinski definition) is 5. The summed E-state index contributed by atoms with van der Waals surface area (Å²) < 4.78 is 0. The van der Waals surface area contributed by atoms with Gasteiger partial charge in [-0.2, -0.15) is 0 Å². The highest BCUT2D eigenvalue weighted by atomic mass is 16.2. The van der Waals surface area contributed by atoms with Crippen LogP contribution in [0.1, 0.15) is 28.5 Å². The highest BCUT2D eigenvalue weighted by Gasteiger charge is 2.21. The molecule has 0 aliphatic carbocycles. The molecule has 0 bridgehead atoms. The van der Waals surface area contributed by atoms with Crippen LogP contribution in [-0.2, 0) is 4.79 Å². The molecule has 116 valence electrons. The molecule has 7 nitrogen and oxygen atoms in total. The molecule has 7 heteroatoms. The summed E-state index contributed by atoms with van der Waals surface area (Å²) in [5, 5.41) is 12.8. The number of hydrogen-bond donors (Lipinski definition) is 2. The van der Waals surface area contributed by atoms with Gasteiger partial charge in [0.05, 0.1) is 11.2 Å². The van der Waals surface area contributed by atoms with E-state index in [0.717, 1.165) is 11.1 Å². The highest BCUT2D eigenvalue weighted by Crippen LogP contribution is 2.27. The standard InChI is InChI=1S/C15H19N5O2/c1-8-6-11-12(7-9(8)2)18-19-14(13(11)17-10(3)21)15(22)20(5)16-4/h6-7,16H,1-5H3,(H,17,18,21). The number of hydrazine groups is 1. The molecule has 2 aromatic rings. The Balaban J connectivity index is 2.73. The molecule has 1 aromatic carbocycles. The topological polar surface area (TPSA) is 87.2 Å². The molecular weight excluding hydrogens is 282 g/mol. The van der Waals surface area contributed by atoms with E-state index in [-0.39, 0.29) is 17.5 Å². The van der Waals surface area contributed by atoms with Crippen LogP contribution >= 0.6 is 0 Å². The van der Waals surface area contributed by atoms with Gasteiger partial charge in [0.15, 0.2) is 5.69 Å². The zero-order valence-corrected chi connectivity index (χ0v) is 13.3. The molecule has 2 amide bonds. The van der Waals surface area contributed by atoms with Crippen molar-refractivity contribution in [2.45, 2.75) is 20.8 Å². The number of anilines is 1. The first kappa shape index (κ1) is 15.8. The van der Waals surface area contributed by atoms with Crippen molar-refractivity contribution < 1.29 is 9.59 Å². The molecule has 0 spiro atoms. The quantitative estimate of drug-likeness (QED) is 0.837. The van der Waals surface area contributed by atoms with Crippen LogP contribution in [0.4, 0.5) is 5.69 Å². The molecule has 0 unspecified atom stereocenters. The second-order valence-electron chi connectivity index (χ2n) is 5.15. The molecule has 0 saturated heterocycles. The van der Waals surface area contributed by atoms with Gasteiger partial charge in [0.25, 0.3) is 5.91 Å². The number of amides is 2. The summed E-state index contributed by atoms with van der Waals surface area (Å²) in [5.41, 5.74) is 5.95. The van der Waals surface area contributed by atoms with Gasteiger partial charge in [-0.1, -0.05) is 0 Å². The molecule has 2 rings (SSSR count). The van der Waals surface area contributed by atoms with Gasteiger partial charge in [0, 0.05) is 26.4 Å². The molecule has 0 saturated carbocycles. The van der Waals surface area contributed by atoms with Gasteiger partial charge < -0.3 is 5.32 Å². The van der Waals surface area contributed by atoms with Crippen molar-refractivity contribution in [2.24, 2.45) is 0 Å². The molecule has 2 N–H and O–H groups in total. The Kier molecular flexibility index (Phi) is 4.37. The lowest BCUT2D eigenvalue weighted by Crippen LogP contribution is -2.37. The smallest absolute Gasteiger partial charge is 0.290 e. The third-order valence-corrected chi connectivity index (χ3v) is 3.52. The predicted octanol–water partition coefficient (Wildman–Crippen LogP) is 1.41. The van der Waals surface area contributed by atoms with Crippen LogP contribution in [-0.4, -0.2) is 41.1 Å². The minimum Gasteiger partial charge on any atom is -0.324 e. The lowest BCUT2D eigenvalue weighted by molar-refractivity contribution is -0.114. The fourth-order valence-electron chi connectivity index (χ4n) is 2.08. The predicted molar refractivity (Wildman–Crippen MR) is 84.5 cm³/mol. The molecule has 22 heavy (non-hydrogen) atoms. The lowest BCUT2D eigenvalue weighted by atomic mass is 10.0. The minimum absolute atomic E-state index is 0.0998. The van der Waals surface area contributed by atoms with Crippen LogP contribution < -0.4 is 10.7 Å². The van der Waals surface area contributed by atoms with Gasteiger partial charge in [-0.25, -0.2) is 5.43 Å². The van der Waals surface area contributed by atoms with Crippen molar-refractivity contribution in [3.05, 3.63) is 29.0 Å². The van der Waals surface area contributed by atoms with E-state index >= 15 is 0 Å². The first-order valence-corrected chi connectivity index (χ1v) is 6.85. The number of nitrogens with zero attached hydrogens (tertiary/aromatic N) is 3. The maximum atomic E-state index is 12.4. The van der Waals surface area contributed by atoms with Crippen LogP contribution in [0.5, 0.6) is 0 Å². The molecule has 0 aliphatic heterocycles. The normalized spacial score (nSPS) is 10.6. The molecular formula is C15H19N5O2. The van der Waals surface area contributed by atoms with Crippen molar-refractivity contribution in [1.29, 1.82) is 0 Å². The van der Waals surface area contributed by atoms with Crippen molar-refractivity contribution in [3.8, 4) is 0 Å². The van der Waals surface area contributed by atoms with Gasteiger partial charge in [0.2, 0.25) is 5.91 Å². The summed E-state index contributed by atoms with van der Waals surface area (Å²) in [6, 6.07) is 3.79. The maximum Gasteiger partial charge on any atom is 0.290 e. The van der Waals surface area contributed by atoms with E-state index in [9.17, 15) is 9.59 Å². The minimum atomic E-state index is -0.376. The average molecular weight is 301 g/mol. The molecule has 0 aliphatic rings. The number of nitrogens with one attached hydrogen (secondary N) is 2. The van der Waals surface area contributed by atoms with Gasteiger partial charge in [-0.15, -0.1) is 10.2 Å². The Morgan fingerprint density at radius 3 is 2.36 bits per heavy atom. The zero-order chi connectivity index (χ0) is 16.4. The van der Waals surface area contributed by atoms with Crippen molar-refractivity contribution in [2.75, 3.05) is 19.4 Å². The van der Waals surface area contributed by atoms with E-state index in [0.29, 0.717) is 16.6 Å². The monoisotopic (exact) mass is 301 g/mol. The first-order valence-electron chi connectivity index (χ1n) is 6.85. The van der Waals surface area contributed by atoms with Crippen molar-refractivity contribution in [3.63, 3.8) is 0 Å². The number of rotatable bonds is 3. The van der Waals surface area contributed by atoms with E-state index in [2.05, 4.69) is 20.9 Å².